The molecule has 5 amide bonds. The number of benzene rings is 2. The number of rotatable bonds is 53. The molecular formula is C98H145F3IN15O23S. The highest BCUT2D eigenvalue weighted by molar-refractivity contribution is 14.1. The summed E-state index contributed by atoms with van der Waals surface area (Å²) in [5.74, 6) is -4.91. The van der Waals surface area contributed by atoms with Crippen LogP contribution in [0.15, 0.2) is 96.0 Å². The van der Waals surface area contributed by atoms with Gasteiger partial charge in [0.15, 0.2) is 10.6 Å². The first-order valence-corrected chi connectivity index (χ1v) is 50.7. The number of piperazine rings is 1. The molecule has 0 radical (unpaired) electrons. The summed E-state index contributed by atoms with van der Waals surface area (Å²) < 4.78 is 133. The van der Waals surface area contributed by atoms with Crippen LogP contribution in [0.5, 0.6) is 11.8 Å². The van der Waals surface area contributed by atoms with Gasteiger partial charge in [-0.15, -0.1) is 0 Å². The maximum absolute atomic E-state index is 15.1. The standard InChI is InChI=1S/C98H145F3IN15O23S/c1-16-72-64-114(93(126)74-36-40-84(135-17-2)109-89(74)98(99,100)101)54-55-116(72)79-39-37-75(73-27-24-43-105-92(73)136-18-3)106-78(79)65-115(141(129,130)81-30-20-19-29-80(81)117(127)128)45-25-56-131-58-60-133-62-63-134-61-59-132-57-44-104-90(124)76(108-91(125)77(38-41-85(120)137-94(4,5)6)107-82(118)31-23-26-70-32-34-71(102)35-33-70)28-21-22-42-103-83(119)66-110-46-48-111(67-86(121)138-95(7,8)9)50-52-113(69-88(123)140-97(13,14)15)53-51-112(49-47-110)68-87(122)139-96(10,11)12/h19-20,24,27,29-30,32-37,39-40,43,72,76-77H,16-18,21-23,25-26,28,31,38,41-42,44-69H2,1-15H3,(H,103,119)(H,104,124)(H,107,118)(H,108,125)/t72-,76-,77-/m1/s1. The van der Waals surface area contributed by atoms with Crippen LogP contribution in [0, 0.1) is 13.7 Å². The maximum atomic E-state index is 15.1. The Hall–Kier alpha value is -9.97. The lowest BCUT2D eigenvalue weighted by molar-refractivity contribution is -0.387. The lowest BCUT2D eigenvalue weighted by Crippen LogP contribution is -2.55. The van der Waals surface area contributed by atoms with E-state index < -0.39 is 138 Å². The summed E-state index contributed by atoms with van der Waals surface area (Å²) in [5.41, 5.74) is -3.35. The Balaban J connectivity index is 0.957. The molecule has 0 saturated carbocycles. The second-order valence-electron chi connectivity index (χ2n) is 38.1. The number of hydrogen-bond acceptors (Lipinski definition) is 31. The fraction of sp³-hybridized carbons (Fsp3) is 0.633. The van der Waals surface area contributed by atoms with Gasteiger partial charge in [-0.05, 0) is 225 Å². The van der Waals surface area contributed by atoms with Crippen molar-refractivity contribution in [3.8, 4) is 23.0 Å². The Morgan fingerprint density at radius 3 is 1.63 bits per heavy atom. The average Bonchev–Trinajstić information content (AvgIpc) is 0.768. The van der Waals surface area contributed by atoms with E-state index >= 15 is 8.42 Å². The van der Waals surface area contributed by atoms with E-state index in [4.69, 9.17) is 52.4 Å². The maximum Gasteiger partial charge on any atom is 0.434 e. The fourth-order valence-electron chi connectivity index (χ4n) is 15.4. The zero-order valence-corrected chi connectivity index (χ0v) is 87.2. The van der Waals surface area contributed by atoms with Crippen LogP contribution in [-0.4, -0.2) is 335 Å². The first-order chi connectivity index (χ1) is 66.6. The number of unbranched alkanes of at least 4 members (excludes halogenated alkanes) is 1. The van der Waals surface area contributed by atoms with Crippen molar-refractivity contribution in [1.82, 2.24) is 65.0 Å². The van der Waals surface area contributed by atoms with Crippen molar-refractivity contribution >= 4 is 97.4 Å². The molecule has 3 aromatic heterocycles. The molecule has 2 aromatic carbocycles. The number of nitro benzene ring substituents is 1. The van der Waals surface area contributed by atoms with Crippen molar-refractivity contribution in [2.45, 2.75) is 226 Å². The second-order valence-corrected chi connectivity index (χ2v) is 41.2. The van der Waals surface area contributed by atoms with Gasteiger partial charge in [0.25, 0.3) is 11.6 Å². The third kappa shape index (κ3) is 43.6. The molecule has 5 aromatic rings. The van der Waals surface area contributed by atoms with E-state index in [0.29, 0.717) is 101 Å². The summed E-state index contributed by atoms with van der Waals surface area (Å²) in [5, 5.41) is 24.0. The Morgan fingerprint density at radius 2 is 1.09 bits per heavy atom. The Bertz CT molecular complexity index is 4920. The van der Waals surface area contributed by atoms with E-state index in [1.807, 2.05) is 55.7 Å². The van der Waals surface area contributed by atoms with E-state index in [2.05, 4.69) is 53.8 Å². The molecule has 7 rings (SSSR count). The molecular weight excluding hydrogens is 1970 g/mol. The van der Waals surface area contributed by atoms with E-state index in [0.717, 1.165) is 31.6 Å². The number of pyridine rings is 3. The monoisotopic (exact) mass is 2120 g/mol. The number of nitrogens with zero attached hydrogens (tertiary/aromatic N) is 11. The normalized spacial score (nSPS) is 15.4. The van der Waals surface area contributed by atoms with Crippen molar-refractivity contribution in [3.05, 3.63) is 127 Å². The van der Waals surface area contributed by atoms with E-state index in [1.54, 1.807) is 121 Å². The van der Waals surface area contributed by atoms with Crippen LogP contribution in [0.25, 0.3) is 11.3 Å². The molecule has 0 aliphatic carbocycles. The highest BCUT2D eigenvalue weighted by Crippen LogP contribution is 2.37. The Labute approximate surface area is 839 Å². The number of nitro groups is 1. The number of alkyl halides is 3. The van der Waals surface area contributed by atoms with E-state index in [9.17, 15) is 66.4 Å². The van der Waals surface area contributed by atoms with Crippen molar-refractivity contribution in [3.63, 3.8) is 0 Å². The predicted molar refractivity (Wildman–Crippen MR) is 529 cm³/mol. The molecule has 2 saturated heterocycles. The summed E-state index contributed by atoms with van der Waals surface area (Å²) in [6, 6.07) is 19.0. The van der Waals surface area contributed by atoms with Gasteiger partial charge >= 0.3 is 30.1 Å². The number of amides is 5. The minimum atomic E-state index is -4.99. The third-order valence-corrected chi connectivity index (χ3v) is 24.4. The largest absolute Gasteiger partial charge is 0.478 e. The van der Waals surface area contributed by atoms with Crippen molar-refractivity contribution < 1.29 is 117 Å². The van der Waals surface area contributed by atoms with Gasteiger partial charge in [-0.1, -0.05) is 31.2 Å². The summed E-state index contributed by atoms with van der Waals surface area (Å²) in [6.07, 6.45) is -1.55. The molecule has 3 atom stereocenters. The first kappa shape index (κ1) is 118. The molecule has 784 valence electrons. The van der Waals surface area contributed by atoms with Crippen molar-refractivity contribution in [1.29, 1.82) is 0 Å². The van der Waals surface area contributed by atoms with Gasteiger partial charge in [-0.3, -0.25) is 72.9 Å². The number of aromatic nitrogens is 3. The fourth-order valence-corrected chi connectivity index (χ4v) is 17.3. The topological polar surface area (TPSA) is 433 Å². The number of ether oxygens (including phenoxy) is 10. The zero-order chi connectivity index (χ0) is 104. The molecule has 2 fully saturated rings. The molecule has 0 unspecified atom stereocenters. The zero-order valence-electron chi connectivity index (χ0n) is 84.2. The van der Waals surface area contributed by atoms with Crippen LogP contribution >= 0.6 is 22.6 Å². The quantitative estimate of drug-likeness (QED) is 0.00702. The summed E-state index contributed by atoms with van der Waals surface area (Å²) in [4.78, 5) is 159. The van der Waals surface area contributed by atoms with Gasteiger partial charge < -0.3 is 78.4 Å². The molecule has 0 bridgehead atoms. The smallest absolute Gasteiger partial charge is 0.434 e. The van der Waals surface area contributed by atoms with Crippen LogP contribution in [0.2, 0.25) is 0 Å². The first-order valence-electron chi connectivity index (χ1n) is 48.2. The number of sulfonamides is 1. The lowest BCUT2D eigenvalue weighted by Gasteiger charge is -2.43. The summed E-state index contributed by atoms with van der Waals surface area (Å²) >= 11 is 2.21. The van der Waals surface area contributed by atoms with Crippen LogP contribution in [0.1, 0.15) is 189 Å². The van der Waals surface area contributed by atoms with E-state index in [1.165, 1.54) is 29.3 Å². The van der Waals surface area contributed by atoms with Gasteiger partial charge in [0.05, 0.1) is 125 Å². The van der Waals surface area contributed by atoms with Crippen molar-refractivity contribution in [2.24, 2.45) is 0 Å². The summed E-state index contributed by atoms with van der Waals surface area (Å²) in [7, 11) is -4.73. The van der Waals surface area contributed by atoms with Crippen LogP contribution < -0.4 is 35.6 Å². The molecule has 2 aliphatic rings. The number of halogens is 4. The molecule has 141 heavy (non-hydrogen) atoms. The molecule has 2 aliphatic heterocycles. The number of nitrogens with one attached hydrogen (secondary N) is 4. The van der Waals surface area contributed by atoms with Gasteiger partial charge in [0, 0.05) is 139 Å². The molecule has 4 N–H and O–H groups in total. The molecule has 38 nitrogen and oxygen atoms in total. The SMILES string of the molecule is CCOc1ccc(C(=O)N2CCN(c3ccc(-c4cccnc4OCC)nc3CN(CCCOCCOCCOCCOCCNC(=O)[C@@H](CCCCNC(=O)CN3CCN(CC(=O)OC(C)(C)C)CCN(CC(=O)OC(C)(C)C)CCN(CC(=O)OC(C)(C)C)CC3)NC(=O)[C@@H](CCC(=O)OC(C)(C)C)NC(=O)CCCc3ccc(I)cc3)S(=O)(=O)c3ccccc3[N+](=O)[O-])[C@H](CC)C2)c(C(F)(F)F)n1. The highest BCUT2D eigenvalue weighted by atomic mass is 127. The number of esters is 4. The number of aryl methyl sites for hydroxylation is 1. The highest BCUT2D eigenvalue weighted by Gasteiger charge is 2.42. The van der Waals surface area contributed by atoms with Crippen molar-refractivity contribution in [2.75, 3.05) is 189 Å². The number of para-hydroxylation sites is 1. The molecule has 43 heteroatoms. The Kier molecular flexibility index (Phi) is 48.6. The van der Waals surface area contributed by atoms with Crippen LogP contribution in [0.4, 0.5) is 24.5 Å². The van der Waals surface area contributed by atoms with Gasteiger partial charge in [0.2, 0.25) is 45.4 Å². The number of hydrogen-bond donors (Lipinski definition) is 4. The van der Waals surface area contributed by atoms with Gasteiger partial charge in [0.1, 0.15) is 34.5 Å². The number of anilines is 1. The molecule has 0 spiro atoms. The summed E-state index contributed by atoms with van der Waals surface area (Å²) in [6.45, 7) is 29.3. The van der Waals surface area contributed by atoms with Gasteiger partial charge in [-0.25, -0.2) is 23.4 Å². The number of carbonyl (C=O) groups excluding carboxylic acids is 9. The van der Waals surface area contributed by atoms with E-state index in [-0.39, 0.29) is 187 Å². The Morgan fingerprint density at radius 1 is 0.546 bits per heavy atom. The minimum Gasteiger partial charge on any atom is -0.478 e. The predicted octanol–water partition coefficient (Wildman–Crippen LogP) is 10.0. The van der Waals surface area contributed by atoms with Crippen LogP contribution in [-0.2, 0) is 105 Å². The average molecular weight is 2120 g/mol. The third-order valence-electron chi connectivity index (χ3n) is 21.8. The lowest BCUT2D eigenvalue weighted by atomic mass is 10.0. The molecule has 5 heterocycles. The van der Waals surface area contributed by atoms with Gasteiger partial charge in [-0.2, -0.15) is 17.5 Å². The van der Waals surface area contributed by atoms with Crippen LogP contribution in [0.3, 0.4) is 0 Å². The number of carbonyl (C=O) groups is 9. The minimum absolute atomic E-state index is 0.000803. The second kappa shape index (κ2) is 58.1.